The van der Waals surface area contributed by atoms with Crippen LogP contribution in [0.3, 0.4) is 0 Å². The van der Waals surface area contributed by atoms with Gasteiger partial charge in [0.15, 0.2) is 0 Å². The first-order chi connectivity index (χ1) is 9.83. The van der Waals surface area contributed by atoms with Crippen LogP contribution in [0.4, 0.5) is 5.95 Å². The molecule has 0 unspecified atom stereocenters. The second-order valence-corrected chi connectivity index (χ2v) is 5.45. The fourth-order valence-electron chi connectivity index (χ4n) is 2.16. The van der Waals surface area contributed by atoms with Crippen molar-refractivity contribution in [2.75, 3.05) is 38.3 Å². The SMILES string of the molecule is CCCN(CC1CC1)c1ncc(CNCCOC)cn1. The van der Waals surface area contributed by atoms with Gasteiger partial charge in [0.2, 0.25) is 5.95 Å². The summed E-state index contributed by atoms with van der Waals surface area (Å²) in [5.74, 6) is 1.74. The summed E-state index contributed by atoms with van der Waals surface area (Å²) in [6.07, 6.45) is 7.72. The van der Waals surface area contributed by atoms with Crippen molar-refractivity contribution in [2.24, 2.45) is 5.92 Å². The summed E-state index contributed by atoms with van der Waals surface area (Å²) in [7, 11) is 1.71. The fraction of sp³-hybridized carbons (Fsp3) is 0.733. The molecule has 1 aliphatic carbocycles. The van der Waals surface area contributed by atoms with E-state index < -0.39 is 0 Å². The molecular formula is C15H26N4O. The topological polar surface area (TPSA) is 50.3 Å². The van der Waals surface area contributed by atoms with Crippen molar-refractivity contribution in [1.29, 1.82) is 0 Å². The van der Waals surface area contributed by atoms with Crippen LogP contribution in [-0.2, 0) is 11.3 Å². The molecule has 1 aromatic heterocycles. The average molecular weight is 278 g/mol. The van der Waals surface area contributed by atoms with Crippen LogP contribution in [0.1, 0.15) is 31.7 Å². The van der Waals surface area contributed by atoms with Gasteiger partial charge in [-0.15, -0.1) is 0 Å². The van der Waals surface area contributed by atoms with Crippen molar-refractivity contribution in [3.63, 3.8) is 0 Å². The zero-order chi connectivity index (χ0) is 14.2. The van der Waals surface area contributed by atoms with E-state index in [1.54, 1.807) is 7.11 Å². The lowest BCUT2D eigenvalue weighted by molar-refractivity contribution is 0.199. The number of aromatic nitrogens is 2. The van der Waals surface area contributed by atoms with Crippen molar-refractivity contribution < 1.29 is 4.74 Å². The van der Waals surface area contributed by atoms with Crippen LogP contribution in [0.2, 0.25) is 0 Å². The van der Waals surface area contributed by atoms with E-state index in [-0.39, 0.29) is 0 Å². The van der Waals surface area contributed by atoms with Crippen LogP contribution in [0.25, 0.3) is 0 Å². The Labute approximate surface area is 121 Å². The lowest BCUT2D eigenvalue weighted by Crippen LogP contribution is -2.28. The summed E-state index contributed by atoms with van der Waals surface area (Å²) in [5, 5.41) is 3.30. The molecule has 0 atom stereocenters. The number of hydrogen-bond donors (Lipinski definition) is 1. The summed E-state index contributed by atoms with van der Waals surface area (Å²) in [5.41, 5.74) is 1.12. The fourth-order valence-corrected chi connectivity index (χ4v) is 2.16. The monoisotopic (exact) mass is 278 g/mol. The Morgan fingerprint density at radius 2 is 2.10 bits per heavy atom. The maximum absolute atomic E-state index is 5.00. The van der Waals surface area contributed by atoms with Gasteiger partial charge >= 0.3 is 0 Å². The summed E-state index contributed by atoms with van der Waals surface area (Å²) < 4.78 is 5.00. The van der Waals surface area contributed by atoms with Gasteiger partial charge in [0.05, 0.1) is 6.61 Å². The third-order valence-electron chi connectivity index (χ3n) is 3.46. The van der Waals surface area contributed by atoms with Gasteiger partial charge in [0.25, 0.3) is 0 Å². The molecule has 0 amide bonds. The van der Waals surface area contributed by atoms with Gasteiger partial charge in [-0.1, -0.05) is 6.92 Å². The Bertz CT molecular complexity index is 378. The molecule has 1 saturated carbocycles. The highest BCUT2D eigenvalue weighted by atomic mass is 16.5. The number of methoxy groups -OCH3 is 1. The molecule has 5 nitrogen and oxygen atoms in total. The summed E-state index contributed by atoms with van der Waals surface area (Å²) in [6, 6.07) is 0. The molecule has 20 heavy (non-hydrogen) atoms. The second-order valence-electron chi connectivity index (χ2n) is 5.45. The first kappa shape index (κ1) is 15.2. The van der Waals surface area contributed by atoms with Gasteiger partial charge in [0, 0.05) is 51.2 Å². The number of rotatable bonds is 10. The van der Waals surface area contributed by atoms with Crippen LogP contribution in [0.5, 0.6) is 0 Å². The number of nitrogens with zero attached hydrogens (tertiary/aromatic N) is 3. The predicted molar refractivity (Wildman–Crippen MR) is 80.8 cm³/mol. The van der Waals surface area contributed by atoms with E-state index in [2.05, 4.69) is 27.1 Å². The van der Waals surface area contributed by atoms with E-state index in [0.717, 1.165) is 56.6 Å². The molecule has 1 aromatic rings. The van der Waals surface area contributed by atoms with Gasteiger partial charge in [-0.3, -0.25) is 0 Å². The van der Waals surface area contributed by atoms with E-state index >= 15 is 0 Å². The first-order valence-electron chi connectivity index (χ1n) is 7.59. The van der Waals surface area contributed by atoms with E-state index in [0.29, 0.717) is 0 Å². The van der Waals surface area contributed by atoms with Crippen molar-refractivity contribution >= 4 is 5.95 Å². The normalized spacial score (nSPS) is 14.5. The molecule has 5 heteroatoms. The Morgan fingerprint density at radius 3 is 2.70 bits per heavy atom. The maximum atomic E-state index is 5.00. The molecular weight excluding hydrogens is 252 g/mol. The number of nitrogens with one attached hydrogen (secondary N) is 1. The molecule has 0 aliphatic heterocycles. The summed E-state index contributed by atoms with van der Waals surface area (Å²) >= 11 is 0. The second kappa shape index (κ2) is 8.17. The van der Waals surface area contributed by atoms with E-state index in [1.807, 2.05) is 12.4 Å². The van der Waals surface area contributed by atoms with Crippen molar-refractivity contribution in [3.05, 3.63) is 18.0 Å². The Kier molecular flexibility index (Phi) is 6.21. The lowest BCUT2D eigenvalue weighted by Gasteiger charge is -2.21. The molecule has 1 aliphatic rings. The average Bonchev–Trinajstić information content (AvgIpc) is 3.28. The minimum Gasteiger partial charge on any atom is -0.383 e. The molecule has 1 heterocycles. The highest BCUT2D eigenvalue weighted by Crippen LogP contribution is 2.30. The molecule has 112 valence electrons. The standard InChI is InChI=1S/C15H26N4O/c1-3-7-19(12-13-4-5-13)15-17-10-14(11-18-15)9-16-6-8-20-2/h10-11,13,16H,3-9,12H2,1-2H3. The third kappa shape index (κ3) is 5.06. The Hall–Kier alpha value is -1.20. The largest absolute Gasteiger partial charge is 0.383 e. The number of anilines is 1. The molecule has 0 radical (unpaired) electrons. The Balaban J connectivity index is 1.84. The quantitative estimate of drug-likeness (QED) is 0.662. The van der Waals surface area contributed by atoms with Gasteiger partial charge < -0.3 is 15.0 Å². The van der Waals surface area contributed by atoms with E-state index in [1.165, 1.54) is 12.8 Å². The van der Waals surface area contributed by atoms with Gasteiger partial charge in [-0.2, -0.15) is 0 Å². The molecule has 0 spiro atoms. The zero-order valence-corrected chi connectivity index (χ0v) is 12.6. The van der Waals surface area contributed by atoms with E-state index in [4.69, 9.17) is 4.74 Å². The van der Waals surface area contributed by atoms with Crippen LogP contribution in [0, 0.1) is 5.92 Å². The van der Waals surface area contributed by atoms with Gasteiger partial charge in [-0.25, -0.2) is 9.97 Å². The van der Waals surface area contributed by atoms with Gasteiger partial charge in [0.1, 0.15) is 0 Å². The molecule has 0 aromatic carbocycles. The van der Waals surface area contributed by atoms with Crippen molar-refractivity contribution in [2.45, 2.75) is 32.7 Å². The minimum atomic E-state index is 0.727. The third-order valence-corrected chi connectivity index (χ3v) is 3.46. The highest BCUT2D eigenvalue weighted by molar-refractivity contribution is 5.30. The predicted octanol–water partition coefficient (Wildman–Crippen LogP) is 1.84. The Morgan fingerprint density at radius 1 is 1.35 bits per heavy atom. The lowest BCUT2D eigenvalue weighted by atomic mass is 10.3. The number of ether oxygens (including phenoxy) is 1. The summed E-state index contributed by atoms with van der Waals surface area (Å²) in [4.78, 5) is 11.4. The molecule has 1 fully saturated rings. The maximum Gasteiger partial charge on any atom is 0.225 e. The number of hydrogen-bond acceptors (Lipinski definition) is 5. The van der Waals surface area contributed by atoms with Crippen molar-refractivity contribution in [3.8, 4) is 0 Å². The zero-order valence-electron chi connectivity index (χ0n) is 12.6. The van der Waals surface area contributed by atoms with Crippen molar-refractivity contribution in [1.82, 2.24) is 15.3 Å². The minimum absolute atomic E-state index is 0.727. The van der Waals surface area contributed by atoms with E-state index in [9.17, 15) is 0 Å². The van der Waals surface area contributed by atoms with Gasteiger partial charge in [-0.05, 0) is 25.2 Å². The highest BCUT2D eigenvalue weighted by Gasteiger charge is 2.25. The molecule has 0 bridgehead atoms. The van der Waals surface area contributed by atoms with Crippen LogP contribution in [0.15, 0.2) is 12.4 Å². The van der Waals surface area contributed by atoms with Crippen LogP contribution >= 0.6 is 0 Å². The molecule has 1 N–H and O–H groups in total. The molecule has 2 rings (SSSR count). The van der Waals surface area contributed by atoms with Crippen LogP contribution < -0.4 is 10.2 Å². The van der Waals surface area contributed by atoms with Crippen LogP contribution in [-0.4, -0.2) is 43.3 Å². The first-order valence-corrected chi connectivity index (χ1v) is 7.59. The summed E-state index contributed by atoms with van der Waals surface area (Å²) in [6.45, 7) is 6.72. The smallest absolute Gasteiger partial charge is 0.225 e. The molecule has 0 saturated heterocycles.